The van der Waals surface area contributed by atoms with Gasteiger partial charge in [0.25, 0.3) is 0 Å². The minimum atomic E-state index is -1.40. The summed E-state index contributed by atoms with van der Waals surface area (Å²) >= 11 is 0. The molecule has 2 heterocycles. The summed E-state index contributed by atoms with van der Waals surface area (Å²) < 4.78 is 19.8. The van der Waals surface area contributed by atoms with Gasteiger partial charge in [0.15, 0.2) is 0 Å². The fourth-order valence-corrected chi connectivity index (χ4v) is 3.00. The van der Waals surface area contributed by atoms with Crippen LogP contribution in [0.15, 0.2) is 33.9 Å². The van der Waals surface area contributed by atoms with Crippen LogP contribution in [0.25, 0.3) is 0 Å². The van der Waals surface area contributed by atoms with Crippen molar-refractivity contribution in [1.29, 1.82) is 0 Å². The predicted octanol–water partition coefficient (Wildman–Crippen LogP) is 1.71. The molecule has 2 aromatic rings. The number of hydrogen-bond donors (Lipinski definition) is 2. The summed E-state index contributed by atoms with van der Waals surface area (Å²) in [5.74, 6) is 0.0720. The summed E-state index contributed by atoms with van der Waals surface area (Å²) in [6.45, 7) is 4.07. The second-order valence-electron chi connectivity index (χ2n) is 6.27. The average Bonchev–Trinajstić information content (AvgIpc) is 2.56. The second kappa shape index (κ2) is 7.18. The number of benzene rings is 1. The normalized spacial score (nSPS) is 21.7. The van der Waals surface area contributed by atoms with Crippen molar-refractivity contribution in [3.63, 3.8) is 0 Å². The van der Waals surface area contributed by atoms with Crippen LogP contribution in [0.3, 0.4) is 0 Å². The molecular formula is C17H21FN4O3. The van der Waals surface area contributed by atoms with Crippen molar-refractivity contribution in [3.8, 4) is 0 Å². The Kier molecular flexibility index (Phi) is 4.98. The van der Waals surface area contributed by atoms with E-state index in [1.54, 1.807) is 0 Å². The van der Waals surface area contributed by atoms with Crippen molar-refractivity contribution < 1.29 is 9.13 Å². The maximum atomic E-state index is 14.0. The Morgan fingerprint density at radius 2 is 2.24 bits per heavy atom. The number of nitrogens with zero attached hydrogens (tertiary/aromatic N) is 2. The first kappa shape index (κ1) is 17.3. The second-order valence-corrected chi connectivity index (χ2v) is 6.27. The molecule has 0 bridgehead atoms. The Balaban J connectivity index is 1.85. The smallest absolute Gasteiger partial charge is 0.355 e. The lowest BCUT2D eigenvalue weighted by Crippen LogP contribution is -2.46. The zero-order valence-electron chi connectivity index (χ0n) is 14.2. The maximum absolute atomic E-state index is 14.0. The molecule has 134 valence electrons. The van der Waals surface area contributed by atoms with Crippen LogP contribution in [-0.4, -0.2) is 33.9 Å². The third-order valence-electron chi connectivity index (χ3n) is 4.34. The van der Waals surface area contributed by atoms with Gasteiger partial charge in [-0.25, -0.2) is 18.5 Å². The summed E-state index contributed by atoms with van der Waals surface area (Å²) in [6.07, 6.45) is -1.14. The molecule has 8 heteroatoms. The van der Waals surface area contributed by atoms with Crippen LogP contribution in [0.2, 0.25) is 0 Å². The predicted molar refractivity (Wildman–Crippen MR) is 91.7 cm³/mol. The largest absolute Gasteiger partial charge is 0.378 e. The molecule has 0 amide bonds. The molecule has 0 saturated carbocycles. The summed E-state index contributed by atoms with van der Waals surface area (Å²) in [4.78, 5) is 31.0. The first-order chi connectivity index (χ1) is 12.0. The number of halogens is 1. The zero-order chi connectivity index (χ0) is 18.0. The summed E-state index contributed by atoms with van der Waals surface area (Å²) in [7, 11) is 0. The number of nitrogens with one attached hydrogen (secondary N) is 2. The van der Waals surface area contributed by atoms with Gasteiger partial charge in [0.2, 0.25) is 5.95 Å². The van der Waals surface area contributed by atoms with E-state index in [1.165, 1.54) is 0 Å². The molecule has 1 saturated heterocycles. The third kappa shape index (κ3) is 3.79. The fourth-order valence-electron chi connectivity index (χ4n) is 3.00. The van der Waals surface area contributed by atoms with E-state index in [0.29, 0.717) is 6.61 Å². The van der Waals surface area contributed by atoms with Gasteiger partial charge in [0.1, 0.15) is 6.17 Å². The van der Waals surface area contributed by atoms with Crippen LogP contribution in [0.1, 0.15) is 36.6 Å². The van der Waals surface area contributed by atoms with Gasteiger partial charge in [-0.05, 0) is 25.8 Å². The molecular weight excluding hydrogens is 327 g/mol. The highest BCUT2D eigenvalue weighted by Crippen LogP contribution is 2.21. The molecule has 3 rings (SSSR count). The molecule has 1 fully saturated rings. The lowest BCUT2D eigenvalue weighted by molar-refractivity contribution is 0.000716. The third-order valence-corrected chi connectivity index (χ3v) is 4.34. The topological polar surface area (TPSA) is 89.0 Å². The van der Waals surface area contributed by atoms with Crippen molar-refractivity contribution in [3.05, 3.63) is 56.4 Å². The summed E-state index contributed by atoms with van der Waals surface area (Å²) in [6, 6.07) is 6.87. The van der Waals surface area contributed by atoms with E-state index in [1.807, 2.05) is 38.1 Å². The van der Waals surface area contributed by atoms with Gasteiger partial charge in [-0.15, -0.1) is 0 Å². The number of anilines is 1. The van der Waals surface area contributed by atoms with Crippen molar-refractivity contribution >= 4 is 5.95 Å². The van der Waals surface area contributed by atoms with Crippen LogP contribution >= 0.6 is 0 Å². The summed E-state index contributed by atoms with van der Waals surface area (Å²) in [5.41, 5.74) is 0.669. The van der Waals surface area contributed by atoms with Crippen LogP contribution in [0.4, 0.5) is 10.3 Å². The fraction of sp³-hybridized carbons (Fsp3) is 0.471. The first-order valence-electron chi connectivity index (χ1n) is 8.23. The first-order valence-corrected chi connectivity index (χ1v) is 8.23. The Hall–Kier alpha value is -2.48. The SMILES string of the molecule is Cc1cccc([C@H](C)Nc2nc(=O)n([C@@H]3CCOC[C@@H]3F)c(=O)[nH]2)c1. The van der Waals surface area contributed by atoms with Crippen molar-refractivity contribution in [2.75, 3.05) is 18.5 Å². The van der Waals surface area contributed by atoms with Crippen LogP contribution in [-0.2, 0) is 4.74 Å². The number of ether oxygens (including phenoxy) is 1. The zero-order valence-corrected chi connectivity index (χ0v) is 14.2. The number of H-pyrrole nitrogens is 1. The van der Waals surface area contributed by atoms with Gasteiger partial charge in [-0.3, -0.25) is 4.98 Å². The highest BCUT2D eigenvalue weighted by Gasteiger charge is 2.30. The van der Waals surface area contributed by atoms with E-state index in [2.05, 4.69) is 15.3 Å². The van der Waals surface area contributed by atoms with Crippen molar-refractivity contribution in [1.82, 2.24) is 14.5 Å². The maximum Gasteiger partial charge on any atom is 0.355 e. The van der Waals surface area contributed by atoms with Crippen LogP contribution in [0.5, 0.6) is 0 Å². The minimum absolute atomic E-state index is 0.0720. The minimum Gasteiger partial charge on any atom is -0.378 e. The van der Waals surface area contributed by atoms with Crippen molar-refractivity contribution in [2.45, 2.75) is 38.5 Å². The van der Waals surface area contributed by atoms with Gasteiger partial charge in [-0.2, -0.15) is 4.98 Å². The quantitative estimate of drug-likeness (QED) is 0.878. The highest BCUT2D eigenvalue weighted by molar-refractivity contribution is 5.32. The lowest BCUT2D eigenvalue weighted by atomic mass is 10.1. The van der Waals surface area contributed by atoms with Gasteiger partial charge in [0, 0.05) is 6.61 Å². The van der Waals surface area contributed by atoms with Gasteiger partial charge in [0.05, 0.1) is 18.7 Å². The Morgan fingerprint density at radius 3 is 2.92 bits per heavy atom. The molecule has 0 radical (unpaired) electrons. The monoisotopic (exact) mass is 348 g/mol. The van der Waals surface area contributed by atoms with Gasteiger partial charge >= 0.3 is 11.4 Å². The molecule has 2 N–H and O–H groups in total. The average molecular weight is 348 g/mol. The number of rotatable bonds is 4. The van der Waals surface area contributed by atoms with E-state index in [-0.39, 0.29) is 25.0 Å². The molecule has 0 unspecified atom stereocenters. The van der Waals surface area contributed by atoms with Gasteiger partial charge < -0.3 is 10.1 Å². The van der Waals surface area contributed by atoms with Gasteiger partial charge in [-0.1, -0.05) is 29.8 Å². The Morgan fingerprint density at radius 1 is 1.44 bits per heavy atom. The number of aromatic amines is 1. The van der Waals surface area contributed by atoms with E-state index >= 15 is 0 Å². The highest BCUT2D eigenvalue weighted by atomic mass is 19.1. The number of aryl methyl sites for hydroxylation is 1. The lowest BCUT2D eigenvalue weighted by Gasteiger charge is -2.26. The summed E-state index contributed by atoms with van der Waals surface area (Å²) in [5, 5.41) is 3.01. The van der Waals surface area contributed by atoms with E-state index in [4.69, 9.17) is 4.74 Å². The number of hydrogen-bond acceptors (Lipinski definition) is 5. The van der Waals surface area contributed by atoms with E-state index in [0.717, 1.165) is 15.7 Å². The molecule has 25 heavy (non-hydrogen) atoms. The molecule has 1 aromatic carbocycles. The Labute approximate surface area is 143 Å². The van der Waals surface area contributed by atoms with E-state index in [9.17, 15) is 14.0 Å². The molecule has 1 aromatic heterocycles. The molecule has 0 aliphatic carbocycles. The number of aromatic nitrogens is 3. The Bertz CT molecular complexity index is 832. The molecule has 3 atom stereocenters. The standard InChI is InChI=1S/C17H21FN4O3/c1-10-4-3-5-12(8-10)11(2)19-15-20-16(23)22(17(24)21-15)14-6-7-25-9-13(14)18/h3-5,8,11,13-14H,6-7,9H2,1-2H3,(H2,19,20,21,23,24)/t11-,13-,14+/m0/s1. The van der Waals surface area contributed by atoms with E-state index < -0.39 is 23.6 Å². The molecule has 0 spiro atoms. The molecule has 1 aliphatic rings. The molecule has 7 nitrogen and oxygen atoms in total. The number of alkyl halides is 1. The van der Waals surface area contributed by atoms with Crippen LogP contribution < -0.4 is 16.7 Å². The van der Waals surface area contributed by atoms with Crippen molar-refractivity contribution in [2.24, 2.45) is 0 Å². The molecule has 1 aliphatic heterocycles. The van der Waals surface area contributed by atoms with Crippen LogP contribution in [0, 0.1) is 6.92 Å².